The number of unbranched alkanes of at least 4 members (excludes halogenated alkanes) is 4. The van der Waals surface area contributed by atoms with Gasteiger partial charge >= 0.3 is 11.9 Å². The Kier molecular flexibility index (Phi) is 20.0. The van der Waals surface area contributed by atoms with Crippen LogP contribution < -0.4 is 0 Å². The van der Waals surface area contributed by atoms with Gasteiger partial charge in [-0.3, -0.25) is 9.80 Å². The van der Waals surface area contributed by atoms with Crippen molar-refractivity contribution >= 4 is 29.4 Å². The first-order chi connectivity index (χ1) is 23.5. The maximum atomic E-state index is 11.8. The molecule has 1 saturated heterocycles. The second-order valence-corrected chi connectivity index (χ2v) is 12.5. The largest absolute Gasteiger partial charge is 0.477 e. The Balaban J connectivity index is 1.56. The first kappa shape index (κ1) is 39.5. The van der Waals surface area contributed by atoms with Gasteiger partial charge in [0, 0.05) is 50.2 Å². The summed E-state index contributed by atoms with van der Waals surface area (Å²) < 4.78 is 23.7. The summed E-state index contributed by atoms with van der Waals surface area (Å²) in [5, 5.41) is 29.8. The van der Waals surface area contributed by atoms with Gasteiger partial charge in [-0.1, -0.05) is 37.8 Å². The number of allylic oxidation sites excluding steroid dienone is 1. The molecule has 0 amide bonds. The summed E-state index contributed by atoms with van der Waals surface area (Å²) >= 11 is 1.31. The van der Waals surface area contributed by atoms with Crippen molar-refractivity contribution < 1.29 is 38.7 Å². The summed E-state index contributed by atoms with van der Waals surface area (Å²) in [6, 6.07) is 4.99. The molecule has 1 atom stereocenters. The first-order valence-electron chi connectivity index (χ1n) is 17.0. The zero-order chi connectivity index (χ0) is 34.2. The molecule has 48 heavy (non-hydrogen) atoms. The minimum atomic E-state index is -1.05. The summed E-state index contributed by atoms with van der Waals surface area (Å²) in [5.74, 6) is -1.19. The number of aromatic carboxylic acids is 1. The van der Waals surface area contributed by atoms with Gasteiger partial charge in [0.15, 0.2) is 0 Å². The zero-order valence-electron chi connectivity index (χ0n) is 27.9. The first-order valence-corrected chi connectivity index (χ1v) is 17.9. The van der Waals surface area contributed by atoms with Gasteiger partial charge in [0.25, 0.3) is 0 Å². The summed E-state index contributed by atoms with van der Waals surface area (Å²) in [6.07, 6.45) is 9.25. The maximum Gasteiger partial charge on any atom is 0.354 e. The lowest BCUT2D eigenvalue weighted by molar-refractivity contribution is -0.132. The fourth-order valence-electron chi connectivity index (χ4n) is 5.64. The van der Waals surface area contributed by atoms with Crippen molar-refractivity contribution in [2.45, 2.75) is 64.0 Å². The number of carboxylic acids is 2. The number of carbonyl (C=O) groups is 2. The highest BCUT2D eigenvalue weighted by atomic mass is 32.2. The van der Waals surface area contributed by atoms with Gasteiger partial charge in [-0.25, -0.2) is 19.6 Å². The lowest BCUT2D eigenvalue weighted by Gasteiger charge is -2.33. The molecule has 2 N–H and O–H groups in total. The van der Waals surface area contributed by atoms with Crippen molar-refractivity contribution in [1.29, 1.82) is 5.26 Å². The number of rotatable bonds is 14. The molecule has 2 aliphatic heterocycles. The molecule has 1 aromatic heterocycles. The van der Waals surface area contributed by atoms with E-state index in [2.05, 4.69) is 25.2 Å². The Labute approximate surface area is 288 Å². The Morgan fingerprint density at radius 3 is 2.10 bits per heavy atom. The average molecular weight is 690 g/mol. The van der Waals surface area contributed by atoms with E-state index in [1.165, 1.54) is 17.8 Å². The van der Waals surface area contributed by atoms with E-state index in [0.717, 1.165) is 56.4 Å². The summed E-state index contributed by atoms with van der Waals surface area (Å²) in [5.41, 5.74) is 1.71. The van der Waals surface area contributed by atoms with Crippen molar-refractivity contribution in [3.63, 3.8) is 0 Å². The molecule has 1 aromatic rings. The number of aliphatic carboxylic acids is 1. The minimum Gasteiger partial charge on any atom is -0.477 e. The van der Waals surface area contributed by atoms with Gasteiger partial charge in [-0.15, -0.1) is 0 Å². The molecule has 0 saturated carbocycles. The van der Waals surface area contributed by atoms with E-state index in [0.29, 0.717) is 97.7 Å². The molecule has 13 nitrogen and oxygen atoms in total. The number of hydrogen-bond donors (Lipinski definition) is 2. The SMILES string of the molecule is N#CSCCCCCCCC(C1=NC(C(=O)O)=CCC1)N1CCOCCOCCN(Cc2cccc(C(=O)O)n2)CCOCCOCC1. The second-order valence-electron chi connectivity index (χ2n) is 11.6. The number of nitrogens with zero attached hydrogens (tertiary/aromatic N) is 5. The number of aromatic nitrogens is 1. The highest BCUT2D eigenvalue weighted by molar-refractivity contribution is 8.03. The maximum absolute atomic E-state index is 11.8. The molecule has 0 aliphatic carbocycles. The smallest absolute Gasteiger partial charge is 0.354 e. The normalized spacial score (nSPS) is 19.2. The van der Waals surface area contributed by atoms with Crippen LogP contribution in [0, 0.1) is 10.7 Å². The van der Waals surface area contributed by atoms with Crippen LogP contribution in [0.4, 0.5) is 0 Å². The highest BCUT2D eigenvalue weighted by Crippen LogP contribution is 2.21. The standard InChI is InChI=1S/C34H51N5O8S/c35-27-48-25-5-3-1-2-4-12-32(29-9-7-11-31(37-29)34(42)43)39-15-19-46-23-21-44-17-13-38(14-18-45-22-24-47-20-16-39)26-28-8-6-10-30(36-28)33(40)41/h6,8,10-11,32H,1-5,7,9,12-26H2,(H,40,41)(H,42,43). The molecule has 3 rings (SSSR count). The molecule has 1 fully saturated rings. The van der Waals surface area contributed by atoms with Crippen LogP contribution in [0.15, 0.2) is 35.0 Å². The van der Waals surface area contributed by atoms with Crippen LogP contribution in [0.25, 0.3) is 0 Å². The number of nitriles is 1. The van der Waals surface area contributed by atoms with Crippen molar-refractivity contribution in [1.82, 2.24) is 14.8 Å². The third kappa shape index (κ3) is 16.0. The third-order valence-corrected chi connectivity index (χ3v) is 8.76. The van der Waals surface area contributed by atoms with Crippen molar-refractivity contribution in [2.24, 2.45) is 4.99 Å². The Morgan fingerprint density at radius 1 is 0.854 bits per heavy atom. The molecule has 14 heteroatoms. The molecule has 0 radical (unpaired) electrons. The number of carboxylic acid groups (broad SMARTS) is 2. The molecular weight excluding hydrogens is 638 g/mol. The second kappa shape index (κ2) is 24.3. The number of thioether (sulfide) groups is 1. The lowest BCUT2D eigenvalue weighted by Crippen LogP contribution is -2.45. The van der Waals surface area contributed by atoms with E-state index in [9.17, 15) is 19.8 Å². The molecule has 266 valence electrons. The van der Waals surface area contributed by atoms with Crippen molar-refractivity contribution in [3.8, 4) is 5.40 Å². The van der Waals surface area contributed by atoms with E-state index >= 15 is 0 Å². The van der Waals surface area contributed by atoms with E-state index in [1.807, 2.05) is 6.07 Å². The van der Waals surface area contributed by atoms with Gasteiger partial charge in [0.2, 0.25) is 0 Å². The van der Waals surface area contributed by atoms with Gasteiger partial charge in [-0.2, -0.15) is 5.26 Å². The van der Waals surface area contributed by atoms with E-state index in [1.54, 1.807) is 12.1 Å². The van der Waals surface area contributed by atoms with Crippen molar-refractivity contribution in [3.05, 3.63) is 41.4 Å². The molecule has 0 bridgehead atoms. The summed E-state index contributed by atoms with van der Waals surface area (Å²) in [4.78, 5) is 36.4. The number of thiocyanates is 1. The molecule has 1 unspecified atom stereocenters. The van der Waals surface area contributed by atoms with E-state index in [-0.39, 0.29) is 17.4 Å². The van der Waals surface area contributed by atoms with E-state index in [4.69, 9.17) is 24.2 Å². The van der Waals surface area contributed by atoms with Crippen LogP contribution in [0.5, 0.6) is 0 Å². The van der Waals surface area contributed by atoms with Crippen LogP contribution in [-0.2, 0) is 30.3 Å². The Bertz CT molecular complexity index is 1190. The number of ether oxygens (including phenoxy) is 4. The van der Waals surface area contributed by atoms with Crippen LogP contribution >= 0.6 is 11.8 Å². The molecular formula is C34H51N5O8S. The van der Waals surface area contributed by atoms with Gasteiger partial charge in [0.1, 0.15) is 16.8 Å². The van der Waals surface area contributed by atoms with Crippen molar-refractivity contribution in [2.75, 3.05) is 84.8 Å². The molecule has 3 heterocycles. The average Bonchev–Trinajstić information content (AvgIpc) is 3.08. The fourth-order valence-corrected chi connectivity index (χ4v) is 6.08. The van der Waals surface area contributed by atoms with Gasteiger partial charge in [0.05, 0.1) is 58.5 Å². The minimum absolute atomic E-state index is 0.0100. The van der Waals surface area contributed by atoms with Crippen LogP contribution in [0.3, 0.4) is 0 Å². The quantitative estimate of drug-likeness (QED) is 0.212. The van der Waals surface area contributed by atoms with Crippen LogP contribution in [0.1, 0.15) is 67.5 Å². The lowest BCUT2D eigenvalue weighted by atomic mass is 9.96. The molecule has 2 aliphatic rings. The summed E-state index contributed by atoms with van der Waals surface area (Å²) in [6.45, 7) is 6.75. The van der Waals surface area contributed by atoms with Crippen LogP contribution in [-0.4, -0.2) is 133 Å². The number of pyridine rings is 1. The number of hydrogen-bond acceptors (Lipinski definition) is 12. The predicted molar refractivity (Wildman–Crippen MR) is 183 cm³/mol. The van der Waals surface area contributed by atoms with Gasteiger partial charge in [-0.05, 0) is 49.6 Å². The zero-order valence-corrected chi connectivity index (χ0v) is 28.7. The Morgan fingerprint density at radius 2 is 1.48 bits per heavy atom. The molecule has 0 aromatic carbocycles. The van der Waals surface area contributed by atoms with Gasteiger partial charge < -0.3 is 29.2 Å². The topological polar surface area (TPSA) is 167 Å². The number of aliphatic imine (C=N–C) groups is 1. The third-order valence-electron chi connectivity index (χ3n) is 8.14. The highest BCUT2D eigenvalue weighted by Gasteiger charge is 2.26. The summed E-state index contributed by atoms with van der Waals surface area (Å²) in [7, 11) is 0. The van der Waals surface area contributed by atoms with E-state index < -0.39 is 11.9 Å². The molecule has 0 spiro atoms. The van der Waals surface area contributed by atoms with Crippen LogP contribution in [0.2, 0.25) is 0 Å². The monoisotopic (exact) mass is 689 g/mol. The predicted octanol–water partition coefficient (Wildman–Crippen LogP) is 4.09. The Hall–Kier alpha value is -2.90. The fraction of sp³-hybridized carbons (Fsp3) is 0.676.